The van der Waals surface area contributed by atoms with Crippen molar-refractivity contribution in [2.75, 3.05) is 0 Å². The lowest BCUT2D eigenvalue weighted by atomic mass is 10.2. The summed E-state index contributed by atoms with van der Waals surface area (Å²) in [5.41, 5.74) is 1.00. The molecule has 21 heavy (non-hydrogen) atoms. The fourth-order valence-corrected chi connectivity index (χ4v) is 1.90. The summed E-state index contributed by atoms with van der Waals surface area (Å²) in [7, 11) is 0. The standard InChI is InChI=1S/C15H11ClFNO3/c16-13-9-11(7-8-18(19)20)5-6-15(13)21-10-12-3-1-2-4-14(12)17/h1-9H,10H2/b8-7+. The Morgan fingerprint density at radius 2 is 2.05 bits per heavy atom. The molecule has 2 aromatic carbocycles. The van der Waals surface area contributed by atoms with Gasteiger partial charge < -0.3 is 4.74 Å². The molecule has 0 fully saturated rings. The van der Waals surface area contributed by atoms with Gasteiger partial charge in [-0.1, -0.05) is 35.9 Å². The lowest BCUT2D eigenvalue weighted by Crippen LogP contribution is -1.98. The largest absolute Gasteiger partial charge is 0.487 e. The number of nitro groups is 1. The van der Waals surface area contributed by atoms with E-state index in [-0.39, 0.29) is 12.4 Å². The number of benzene rings is 2. The summed E-state index contributed by atoms with van der Waals surface area (Å²) in [5, 5.41) is 10.5. The van der Waals surface area contributed by atoms with Crippen LogP contribution in [-0.4, -0.2) is 4.92 Å². The smallest absolute Gasteiger partial charge is 0.235 e. The molecular weight excluding hydrogens is 297 g/mol. The van der Waals surface area contributed by atoms with Gasteiger partial charge >= 0.3 is 0 Å². The van der Waals surface area contributed by atoms with Crippen LogP contribution in [0.15, 0.2) is 48.7 Å². The van der Waals surface area contributed by atoms with Crippen molar-refractivity contribution in [2.24, 2.45) is 0 Å². The number of rotatable bonds is 5. The van der Waals surface area contributed by atoms with Crippen molar-refractivity contribution < 1.29 is 14.1 Å². The molecule has 0 radical (unpaired) electrons. The molecule has 0 atom stereocenters. The minimum atomic E-state index is -0.559. The Hall–Kier alpha value is -2.40. The van der Waals surface area contributed by atoms with Crippen LogP contribution in [0.1, 0.15) is 11.1 Å². The molecule has 0 aromatic heterocycles. The van der Waals surface area contributed by atoms with E-state index < -0.39 is 4.92 Å². The van der Waals surface area contributed by atoms with E-state index in [1.54, 1.807) is 30.3 Å². The normalized spacial score (nSPS) is 10.8. The van der Waals surface area contributed by atoms with Gasteiger partial charge in [0.25, 0.3) is 0 Å². The molecule has 0 aliphatic rings. The van der Waals surface area contributed by atoms with Crippen LogP contribution >= 0.6 is 11.6 Å². The highest BCUT2D eigenvalue weighted by atomic mass is 35.5. The zero-order valence-electron chi connectivity index (χ0n) is 10.8. The fraction of sp³-hybridized carbons (Fsp3) is 0.0667. The Morgan fingerprint density at radius 3 is 2.71 bits per heavy atom. The monoisotopic (exact) mass is 307 g/mol. The second-order valence-electron chi connectivity index (χ2n) is 4.17. The molecule has 0 spiro atoms. The van der Waals surface area contributed by atoms with Crippen molar-refractivity contribution in [3.05, 3.63) is 80.7 Å². The molecule has 0 bridgehead atoms. The summed E-state index contributed by atoms with van der Waals surface area (Å²) in [6.45, 7) is 0.0521. The first-order valence-electron chi connectivity index (χ1n) is 6.04. The van der Waals surface area contributed by atoms with E-state index in [9.17, 15) is 14.5 Å². The van der Waals surface area contributed by atoms with E-state index in [4.69, 9.17) is 16.3 Å². The predicted octanol–water partition coefficient (Wildman–Crippen LogP) is 4.31. The first-order valence-corrected chi connectivity index (χ1v) is 6.41. The third kappa shape index (κ3) is 4.29. The number of halogens is 2. The average Bonchev–Trinajstić information content (AvgIpc) is 2.45. The van der Waals surface area contributed by atoms with Crippen LogP contribution in [0, 0.1) is 15.9 Å². The molecule has 2 aromatic rings. The zero-order valence-corrected chi connectivity index (χ0v) is 11.6. The van der Waals surface area contributed by atoms with E-state index >= 15 is 0 Å². The Balaban J connectivity index is 2.08. The molecule has 0 N–H and O–H groups in total. The van der Waals surface area contributed by atoms with Gasteiger partial charge in [0.2, 0.25) is 6.20 Å². The van der Waals surface area contributed by atoms with Crippen molar-refractivity contribution in [1.82, 2.24) is 0 Å². The summed E-state index contributed by atoms with van der Waals surface area (Å²) in [5.74, 6) is 0.0392. The highest BCUT2D eigenvalue weighted by molar-refractivity contribution is 6.32. The van der Waals surface area contributed by atoms with Gasteiger partial charge in [-0.3, -0.25) is 10.1 Å². The van der Waals surface area contributed by atoms with Crippen molar-refractivity contribution >= 4 is 17.7 Å². The SMILES string of the molecule is O=[N+]([O-])/C=C/c1ccc(OCc2ccccc2F)c(Cl)c1. The second-order valence-corrected chi connectivity index (χ2v) is 4.58. The number of hydrogen-bond donors (Lipinski definition) is 0. The third-order valence-corrected chi connectivity index (χ3v) is 2.98. The highest BCUT2D eigenvalue weighted by Gasteiger charge is 2.05. The van der Waals surface area contributed by atoms with Gasteiger partial charge in [-0.05, 0) is 23.8 Å². The van der Waals surface area contributed by atoms with E-state index in [1.165, 1.54) is 18.2 Å². The van der Waals surface area contributed by atoms with E-state index in [0.717, 1.165) is 6.20 Å². The molecule has 0 aliphatic carbocycles. The summed E-state index contributed by atoms with van der Waals surface area (Å²) >= 11 is 6.03. The Morgan fingerprint density at radius 1 is 1.29 bits per heavy atom. The van der Waals surface area contributed by atoms with Gasteiger partial charge in [-0.2, -0.15) is 0 Å². The van der Waals surface area contributed by atoms with Crippen LogP contribution in [0.25, 0.3) is 6.08 Å². The second kappa shape index (κ2) is 6.85. The molecule has 108 valence electrons. The van der Waals surface area contributed by atoms with Crippen LogP contribution in [0.5, 0.6) is 5.75 Å². The van der Waals surface area contributed by atoms with Crippen molar-refractivity contribution in [2.45, 2.75) is 6.61 Å². The van der Waals surface area contributed by atoms with Crippen molar-refractivity contribution in [3.63, 3.8) is 0 Å². The van der Waals surface area contributed by atoms with Crippen LogP contribution < -0.4 is 4.74 Å². The van der Waals surface area contributed by atoms with Crippen LogP contribution in [-0.2, 0) is 6.61 Å². The van der Waals surface area contributed by atoms with Crippen molar-refractivity contribution in [3.8, 4) is 5.75 Å². The molecule has 0 saturated heterocycles. The van der Waals surface area contributed by atoms with Crippen LogP contribution in [0.3, 0.4) is 0 Å². The first kappa shape index (κ1) is 15.0. The molecule has 0 amide bonds. The first-order chi connectivity index (χ1) is 10.1. The summed E-state index contributed by atoms with van der Waals surface area (Å²) < 4.78 is 18.9. The minimum Gasteiger partial charge on any atom is -0.487 e. The maximum absolute atomic E-state index is 13.4. The lowest BCUT2D eigenvalue weighted by Gasteiger charge is -2.09. The third-order valence-electron chi connectivity index (χ3n) is 2.69. The molecule has 0 saturated carbocycles. The van der Waals surface area contributed by atoms with E-state index in [2.05, 4.69) is 0 Å². The molecule has 0 aliphatic heterocycles. The minimum absolute atomic E-state index is 0.0521. The van der Waals surface area contributed by atoms with Crippen LogP contribution in [0.4, 0.5) is 4.39 Å². The van der Waals surface area contributed by atoms with Gasteiger partial charge in [0.05, 0.1) is 9.95 Å². The predicted molar refractivity (Wildman–Crippen MR) is 78.2 cm³/mol. The van der Waals surface area contributed by atoms with Gasteiger partial charge in [0.15, 0.2) is 0 Å². The quantitative estimate of drug-likeness (QED) is 0.611. The molecule has 0 heterocycles. The van der Waals surface area contributed by atoms with Gasteiger partial charge in [-0.15, -0.1) is 0 Å². The topological polar surface area (TPSA) is 52.4 Å². The zero-order chi connectivity index (χ0) is 15.2. The average molecular weight is 308 g/mol. The number of ether oxygens (including phenoxy) is 1. The van der Waals surface area contributed by atoms with E-state index in [1.807, 2.05) is 0 Å². The van der Waals surface area contributed by atoms with Gasteiger partial charge in [-0.25, -0.2) is 4.39 Å². The molecule has 4 nitrogen and oxygen atoms in total. The Labute approximate surface area is 125 Å². The van der Waals surface area contributed by atoms with Gasteiger partial charge in [0, 0.05) is 11.6 Å². The molecule has 6 heteroatoms. The molecule has 0 unspecified atom stereocenters. The summed E-state index contributed by atoms with van der Waals surface area (Å²) in [4.78, 5) is 9.68. The van der Waals surface area contributed by atoms with E-state index in [0.29, 0.717) is 21.9 Å². The summed E-state index contributed by atoms with van der Waals surface area (Å²) in [6.07, 6.45) is 2.15. The van der Waals surface area contributed by atoms with Crippen LogP contribution in [0.2, 0.25) is 5.02 Å². The maximum Gasteiger partial charge on any atom is 0.235 e. The fourth-order valence-electron chi connectivity index (χ4n) is 1.66. The Kier molecular flexibility index (Phi) is 4.90. The number of nitrogens with zero attached hydrogens (tertiary/aromatic N) is 1. The highest BCUT2D eigenvalue weighted by Crippen LogP contribution is 2.27. The maximum atomic E-state index is 13.4. The van der Waals surface area contributed by atoms with Gasteiger partial charge in [0.1, 0.15) is 18.2 Å². The lowest BCUT2D eigenvalue weighted by molar-refractivity contribution is -0.400. The van der Waals surface area contributed by atoms with Crippen molar-refractivity contribution in [1.29, 1.82) is 0 Å². The summed E-state index contributed by atoms with van der Waals surface area (Å²) in [6, 6.07) is 11.0. The number of hydrogen-bond acceptors (Lipinski definition) is 3. The molecular formula is C15H11ClFNO3. The molecule has 2 rings (SSSR count). The Bertz CT molecular complexity index is 688.